The van der Waals surface area contributed by atoms with Gasteiger partial charge in [0.1, 0.15) is 0 Å². The van der Waals surface area contributed by atoms with Crippen LogP contribution in [0.5, 0.6) is 0 Å². The first-order chi connectivity index (χ1) is 13.2. The Morgan fingerprint density at radius 1 is 1.15 bits per heavy atom. The number of amides is 1. The Morgan fingerprint density at radius 2 is 1.96 bits per heavy atom. The minimum Gasteiger partial charge on any atom is -0.336 e. The van der Waals surface area contributed by atoms with Crippen LogP contribution in [0.3, 0.4) is 0 Å². The normalized spacial score (nSPS) is 20.5. The summed E-state index contributed by atoms with van der Waals surface area (Å²) < 4.78 is 2.11. The fourth-order valence-electron chi connectivity index (χ4n) is 4.46. The molecular weight excluding hydrogens is 336 g/mol. The van der Waals surface area contributed by atoms with Gasteiger partial charge in [-0.3, -0.25) is 9.48 Å². The number of hydrogen-bond acceptors (Lipinski definition) is 3. The monoisotopic (exact) mass is 366 g/mol. The van der Waals surface area contributed by atoms with Gasteiger partial charge in [0.25, 0.3) is 0 Å². The summed E-state index contributed by atoms with van der Waals surface area (Å²) >= 11 is 0. The molecule has 1 aromatic heterocycles. The molecule has 0 aliphatic carbocycles. The van der Waals surface area contributed by atoms with Gasteiger partial charge in [-0.1, -0.05) is 24.3 Å². The summed E-state index contributed by atoms with van der Waals surface area (Å²) in [6.07, 6.45) is 5.87. The first-order valence-corrected chi connectivity index (χ1v) is 10.2. The number of carbonyl (C=O) groups is 1. The predicted octanol–water partition coefficient (Wildman–Crippen LogP) is 2.88. The van der Waals surface area contributed by atoms with Crippen molar-refractivity contribution >= 4 is 5.91 Å². The van der Waals surface area contributed by atoms with Crippen LogP contribution in [0.25, 0.3) is 0 Å². The zero-order valence-corrected chi connectivity index (χ0v) is 16.3. The highest BCUT2D eigenvalue weighted by Crippen LogP contribution is 2.20. The van der Waals surface area contributed by atoms with Crippen LogP contribution in [0, 0.1) is 12.8 Å². The zero-order chi connectivity index (χ0) is 18.6. The molecule has 1 saturated heterocycles. The number of carbonyl (C=O) groups excluding carboxylic acids is 1. The second kappa shape index (κ2) is 8.26. The summed E-state index contributed by atoms with van der Waals surface area (Å²) in [5.74, 6) is 0.714. The molecule has 0 bridgehead atoms. The maximum atomic E-state index is 13.0. The highest BCUT2D eigenvalue weighted by atomic mass is 16.2. The molecule has 0 saturated carbocycles. The van der Waals surface area contributed by atoms with E-state index in [4.69, 9.17) is 0 Å². The fraction of sp³-hybridized carbons (Fsp3) is 0.545. The van der Waals surface area contributed by atoms with E-state index in [-0.39, 0.29) is 5.91 Å². The number of aryl methyl sites for hydroxylation is 2. The molecule has 0 radical (unpaired) electrons. The summed E-state index contributed by atoms with van der Waals surface area (Å²) in [6.45, 7) is 8.03. The van der Waals surface area contributed by atoms with Crippen LogP contribution in [-0.4, -0.2) is 51.7 Å². The van der Waals surface area contributed by atoms with Gasteiger partial charge >= 0.3 is 0 Å². The van der Waals surface area contributed by atoms with E-state index in [1.807, 2.05) is 6.20 Å². The van der Waals surface area contributed by atoms with E-state index >= 15 is 0 Å². The van der Waals surface area contributed by atoms with Gasteiger partial charge in [0.15, 0.2) is 0 Å². The average molecular weight is 367 g/mol. The van der Waals surface area contributed by atoms with Crippen molar-refractivity contribution in [2.45, 2.75) is 45.7 Å². The lowest BCUT2D eigenvalue weighted by Crippen LogP contribution is -2.38. The van der Waals surface area contributed by atoms with Gasteiger partial charge in [0.05, 0.1) is 12.2 Å². The van der Waals surface area contributed by atoms with Crippen molar-refractivity contribution in [2.24, 2.45) is 5.92 Å². The van der Waals surface area contributed by atoms with E-state index in [1.165, 1.54) is 37.1 Å². The van der Waals surface area contributed by atoms with Gasteiger partial charge in [-0.05, 0) is 56.5 Å². The number of fused-ring (bicyclic) bond motifs is 1. The van der Waals surface area contributed by atoms with Crippen LogP contribution in [0.1, 0.15) is 36.1 Å². The van der Waals surface area contributed by atoms with E-state index in [1.54, 1.807) is 0 Å². The molecule has 2 aliphatic heterocycles. The number of rotatable bonds is 5. The van der Waals surface area contributed by atoms with Crippen molar-refractivity contribution in [3.8, 4) is 0 Å². The van der Waals surface area contributed by atoms with Crippen molar-refractivity contribution < 1.29 is 4.79 Å². The summed E-state index contributed by atoms with van der Waals surface area (Å²) in [5.41, 5.74) is 3.70. The number of aromatic nitrogens is 2. The van der Waals surface area contributed by atoms with Crippen LogP contribution >= 0.6 is 0 Å². The molecule has 5 heteroatoms. The van der Waals surface area contributed by atoms with Gasteiger partial charge < -0.3 is 9.80 Å². The molecule has 1 fully saturated rings. The first kappa shape index (κ1) is 18.2. The van der Waals surface area contributed by atoms with Gasteiger partial charge in [-0.25, -0.2) is 0 Å². The number of nitrogens with zero attached hydrogens (tertiary/aromatic N) is 4. The van der Waals surface area contributed by atoms with Crippen LogP contribution in [0.2, 0.25) is 0 Å². The van der Waals surface area contributed by atoms with E-state index in [0.717, 1.165) is 31.7 Å². The van der Waals surface area contributed by atoms with Crippen LogP contribution in [-0.2, 0) is 24.3 Å². The Kier molecular flexibility index (Phi) is 5.58. The van der Waals surface area contributed by atoms with E-state index in [0.29, 0.717) is 18.9 Å². The molecule has 144 valence electrons. The van der Waals surface area contributed by atoms with E-state index in [2.05, 4.69) is 56.8 Å². The third-order valence-corrected chi connectivity index (χ3v) is 6.00. The highest BCUT2D eigenvalue weighted by molar-refractivity contribution is 5.76. The Hall–Kier alpha value is -2.14. The Balaban J connectivity index is 1.43. The topological polar surface area (TPSA) is 41.4 Å². The fourth-order valence-corrected chi connectivity index (χ4v) is 4.46. The largest absolute Gasteiger partial charge is 0.336 e. The lowest BCUT2D eigenvalue weighted by atomic mass is 10.0. The Morgan fingerprint density at radius 3 is 2.78 bits per heavy atom. The predicted molar refractivity (Wildman–Crippen MR) is 106 cm³/mol. The van der Waals surface area contributed by atoms with Crippen molar-refractivity contribution in [1.82, 2.24) is 19.6 Å². The van der Waals surface area contributed by atoms with Gasteiger partial charge in [-0.2, -0.15) is 5.10 Å². The second-order valence-electron chi connectivity index (χ2n) is 8.08. The van der Waals surface area contributed by atoms with Crippen LogP contribution in [0.4, 0.5) is 0 Å². The molecule has 0 spiro atoms. The summed E-state index contributed by atoms with van der Waals surface area (Å²) in [5, 5.41) is 4.50. The van der Waals surface area contributed by atoms with Crippen LogP contribution < -0.4 is 0 Å². The molecule has 0 unspecified atom stereocenters. The summed E-state index contributed by atoms with van der Waals surface area (Å²) in [6, 6.07) is 10.4. The molecule has 1 amide bonds. The van der Waals surface area contributed by atoms with E-state index in [9.17, 15) is 4.79 Å². The van der Waals surface area contributed by atoms with Gasteiger partial charge in [0.2, 0.25) is 5.91 Å². The minimum atomic E-state index is 0.263. The Bertz CT molecular complexity index is 778. The number of benzene rings is 1. The smallest absolute Gasteiger partial charge is 0.223 e. The summed E-state index contributed by atoms with van der Waals surface area (Å²) in [4.78, 5) is 17.7. The number of hydrogen-bond donors (Lipinski definition) is 0. The second-order valence-corrected chi connectivity index (χ2v) is 8.08. The van der Waals surface area contributed by atoms with Gasteiger partial charge in [-0.15, -0.1) is 0 Å². The van der Waals surface area contributed by atoms with Crippen LogP contribution in [0.15, 0.2) is 36.5 Å². The van der Waals surface area contributed by atoms with E-state index < -0.39 is 0 Å². The highest BCUT2D eigenvalue weighted by Gasteiger charge is 2.27. The molecule has 5 nitrogen and oxygen atoms in total. The minimum absolute atomic E-state index is 0.263. The molecule has 4 rings (SSSR count). The number of likely N-dealkylation sites (tertiary alicyclic amines) is 1. The molecule has 0 N–H and O–H groups in total. The molecule has 27 heavy (non-hydrogen) atoms. The van der Waals surface area contributed by atoms with Crippen molar-refractivity contribution in [2.75, 3.05) is 26.2 Å². The molecule has 2 aliphatic rings. The lowest BCUT2D eigenvalue weighted by molar-refractivity contribution is -0.132. The molecular formula is C22H30N4O. The maximum Gasteiger partial charge on any atom is 0.223 e. The standard InChI is InChI=1S/C22H30N4O/c1-18-6-2-3-7-20(18)8-9-22(27)25-15-19(14-24-12-4-5-13-24)16-26-21(17-25)10-11-23-26/h2-3,6-7,10-11,19H,4-5,8-9,12-17H2,1H3/t19-/m1/s1. The molecule has 2 aromatic rings. The van der Waals surface area contributed by atoms with Gasteiger partial charge in [0, 0.05) is 38.2 Å². The van der Waals surface area contributed by atoms with Crippen molar-refractivity contribution in [3.63, 3.8) is 0 Å². The van der Waals surface area contributed by atoms with Crippen molar-refractivity contribution in [3.05, 3.63) is 53.3 Å². The Labute approximate surface area is 162 Å². The average Bonchev–Trinajstić information content (AvgIpc) is 3.29. The zero-order valence-electron chi connectivity index (χ0n) is 16.3. The SMILES string of the molecule is Cc1ccccc1CCC(=O)N1Cc2ccnn2C[C@H](CN2CCCC2)C1. The molecule has 1 aromatic carbocycles. The maximum absolute atomic E-state index is 13.0. The van der Waals surface area contributed by atoms with Crippen molar-refractivity contribution in [1.29, 1.82) is 0 Å². The quantitative estimate of drug-likeness (QED) is 0.817. The molecule has 3 heterocycles. The summed E-state index contributed by atoms with van der Waals surface area (Å²) in [7, 11) is 0. The first-order valence-electron chi connectivity index (χ1n) is 10.2. The third kappa shape index (κ3) is 4.41. The third-order valence-electron chi connectivity index (χ3n) is 6.00. The molecule has 1 atom stereocenters. The lowest BCUT2D eigenvalue weighted by Gasteiger charge is -2.27.